The van der Waals surface area contributed by atoms with Crippen LogP contribution in [0.1, 0.15) is 11.4 Å². The van der Waals surface area contributed by atoms with E-state index in [2.05, 4.69) is 0 Å². The zero-order valence-corrected chi connectivity index (χ0v) is 13.6. The Labute approximate surface area is 139 Å². The Bertz CT molecular complexity index is 921. The van der Waals surface area contributed by atoms with E-state index in [0.29, 0.717) is 17.0 Å². The second kappa shape index (κ2) is 5.81. The molecule has 0 unspecified atom stereocenters. The number of benzene rings is 1. The van der Waals surface area contributed by atoms with Crippen molar-refractivity contribution in [2.45, 2.75) is 13.8 Å². The number of nitrogens with zero attached hydrogens (tertiary/aromatic N) is 2. The summed E-state index contributed by atoms with van der Waals surface area (Å²) in [6.45, 7) is 3.77. The second-order valence-corrected chi connectivity index (χ2v) is 5.51. The molecule has 0 spiro atoms. The molecule has 0 saturated heterocycles. The van der Waals surface area contributed by atoms with Crippen LogP contribution in [0.25, 0.3) is 16.8 Å². The number of methoxy groups -OCH3 is 1. The van der Waals surface area contributed by atoms with E-state index in [1.54, 1.807) is 37.4 Å². The van der Waals surface area contributed by atoms with Gasteiger partial charge in [0.15, 0.2) is 11.4 Å². The molecule has 1 N–H and O–H groups in total. The van der Waals surface area contributed by atoms with E-state index >= 15 is 0 Å². The van der Waals surface area contributed by atoms with Crippen LogP contribution in [0.3, 0.4) is 0 Å². The lowest BCUT2D eigenvalue weighted by atomic mass is 10.1. The van der Waals surface area contributed by atoms with Gasteiger partial charge in [0.1, 0.15) is 22.6 Å². The number of non-ortho nitro benzene ring substituents is 1. The largest absolute Gasteiger partial charge is 0.507 e. The summed E-state index contributed by atoms with van der Waals surface area (Å²) in [4.78, 5) is 10.6. The Morgan fingerprint density at radius 2 is 1.75 bits per heavy atom. The van der Waals surface area contributed by atoms with E-state index in [9.17, 15) is 15.2 Å². The van der Waals surface area contributed by atoms with Crippen LogP contribution in [-0.2, 0) is 0 Å². The summed E-state index contributed by atoms with van der Waals surface area (Å²) in [6.07, 6.45) is 0. The normalized spacial score (nSPS) is 10.8. The van der Waals surface area contributed by atoms with Gasteiger partial charge in [-0.3, -0.25) is 10.1 Å². The molecule has 1 aliphatic heterocycles. The molecule has 1 aliphatic carbocycles. The molecule has 0 radical (unpaired) electrons. The SMILES string of the molecule is COc1cccc(O)c2c(C)[n+](-c3cccc([N+](=O)[O-])c3)c(C)c1-2. The monoisotopic (exact) mass is 325 g/mol. The molecule has 24 heavy (non-hydrogen) atoms. The van der Waals surface area contributed by atoms with Crippen LogP contribution in [0.4, 0.5) is 5.69 Å². The molecule has 1 aromatic carbocycles. The van der Waals surface area contributed by atoms with Crippen molar-refractivity contribution in [1.82, 2.24) is 0 Å². The number of rotatable bonds is 3. The first-order valence-electron chi connectivity index (χ1n) is 7.41. The predicted octanol–water partition coefficient (Wildman–Crippen LogP) is 3.31. The van der Waals surface area contributed by atoms with E-state index in [-0.39, 0.29) is 11.4 Å². The van der Waals surface area contributed by atoms with Crippen molar-refractivity contribution in [3.8, 4) is 28.3 Å². The van der Waals surface area contributed by atoms with Crippen LogP contribution in [0, 0.1) is 24.0 Å². The summed E-state index contributed by atoms with van der Waals surface area (Å²) in [5.74, 6) is 0.771. The third-order valence-electron chi connectivity index (χ3n) is 4.17. The van der Waals surface area contributed by atoms with Gasteiger partial charge < -0.3 is 9.84 Å². The highest BCUT2D eigenvalue weighted by Crippen LogP contribution is 2.41. The van der Waals surface area contributed by atoms with Crippen molar-refractivity contribution in [3.63, 3.8) is 0 Å². The third-order valence-corrected chi connectivity index (χ3v) is 4.17. The molecule has 1 heterocycles. The first-order chi connectivity index (χ1) is 11.5. The van der Waals surface area contributed by atoms with Crippen LogP contribution >= 0.6 is 0 Å². The molecule has 2 aliphatic rings. The number of aromatic nitrogens is 1. The van der Waals surface area contributed by atoms with Gasteiger partial charge in [-0.1, -0.05) is 6.07 Å². The Hall–Kier alpha value is -3.15. The first kappa shape index (κ1) is 15.7. The van der Waals surface area contributed by atoms with Gasteiger partial charge in [-0.05, 0) is 18.2 Å². The molecule has 0 bridgehead atoms. The summed E-state index contributed by atoms with van der Waals surface area (Å²) in [5, 5.41) is 21.4. The van der Waals surface area contributed by atoms with Gasteiger partial charge in [0.05, 0.1) is 18.1 Å². The maximum atomic E-state index is 11.1. The minimum Gasteiger partial charge on any atom is -0.507 e. The van der Waals surface area contributed by atoms with Crippen molar-refractivity contribution in [2.24, 2.45) is 0 Å². The topological polar surface area (TPSA) is 76.5 Å². The van der Waals surface area contributed by atoms with Crippen molar-refractivity contribution in [1.29, 1.82) is 0 Å². The number of nitro groups is 1. The summed E-state index contributed by atoms with van der Waals surface area (Å²) in [6, 6.07) is 11.5. The van der Waals surface area contributed by atoms with Gasteiger partial charge in [-0.15, -0.1) is 0 Å². The highest BCUT2D eigenvalue weighted by atomic mass is 16.6. The van der Waals surface area contributed by atoms with Gasteiger partial charge in [0, 0.05) is 26.0 Å². The molecule has 6 heteroatoms. The summed E-state index contributed by atoms with van der Waals surface area (Å²) in [7, 11) is 1.57. The van der Waals surface area contributed by atoms with Gasteiger partial charge in [0.2, 0.25) is 5.69 Å². The van der Waals surface area contributed by atoms with Gasteiger partial charge in [-0.2, -0.15) is 4.57 Å². The maximum Gasteiger partial charge on any atom is 0.276 e. The molecule has 0 amide bonds. The zero-order chi connectivity index (χ0) is 17.4. The highest BCUT2D eigenvalue weighted by molar-refractivity contribution is 5.79. The van der Waals surface area contributed by atoms with Gasteiger partial charge in [-0.25, -0.2) is 0 Å². The minimum atomic E-state index is -0.421. The van der Waals surface area contributed by atoms with Crippen LogP contribution < -0.4 is 9.30 Å². The van der Waals surface area contributed by atoms with Gasteiger partial charge in [0.25, 0.3) is 5.69 Å². The Kier molecular flexibility index (Phi) is 3.81. The van der Waals surface area contributed by atoms with Crippen LogP contribution in [-0.4, -0.2) is 17.1 Å². The van der Waals surface area contributed by atoms with E-state index < -0.39 is 4.92 Å². The van der Waals surface area contributed by atoms with Crippen molar-refractivity contribution in [2.75, 3.05) is 7.11 Å². The smallest absolute Gasteiger partial charge is 0.276 e. The molecule has 0 saturated carbocycles. The molecular formula is C18H17N2O4+. The number of hydrogen-bond acceptors (Lipinski definition) is 4. The Morgan fingerprint density at radius 1 is 1.08 bits per heavy atom. The summed E-state index contributed by atoms with van der Waals surface area (Å²) < 4.78 is 7.35. The average molecular weight is 325 g/mol. The molecule has 3 rings (SSSR count). The molecule has 0 fully saturated rings. The van der Waals surface area contributed by atoms with E-state index in [0.717, 1.165) is 17.0 Å². The number of ether oxygens (including phenoxy) is 1. The fourth-order valence-corrected chi connectivity index (χ4v) is 3.15. The van der Waals surface area contributed by atoms with E-state index in [4.69, 9.17) is 4.74 Å². The van der Waals surface area contributed by atoms with Crippen LogP contribution in [0.5, 0.6) is 11.5 Å². The second-order valence-electron chi connectivity index (χ2n) is 5.51. The lowest BCUT2D eigenvalue weighted by molar-refractivity contribution is -0.604. The minimum absolute atomic E-state index is 0.0193. The predicted molar refractivity (Wildman–Crippen MR) is 88.9 cm³/mol. The van der Waals surface area contributed by atoms with Crippen molar-refractivity contribution in [3.05, 3.63) is 64.0 Å². The fraction of sp³-hybridized carbons (Fsp3) is 0.167. The molecule has 0 atom stereocenters. The standard InChI is InChI=1S/C18H16N2O4/c1-11-17-15(21)8-5-9-16(24-3)18(17)12(2)19(11)13-6-4-7-14(10-13)20(22)23/h4-10H,1-3H3/p+1. The van der Waals surface area contributed by atoms with Crippen LogP contribution in [0.15, 0.2) is 42.5 Å². The number of nitro benzene ring substituents is 1. The van der Waals surface area contributed by atoms with E-state index in [1.807, 2.05) is 18.4 Å². The quantitative estimate of drug-likeness (QED) is 0.455. The molecular weight excluding hydrogens is 308 g/mol. The Morgan fingerprint density at radius 3 is 2.42 bits per heavy atom. The summed E-state index contributed by atoms with van der Waals surface area (Å²) >= 11 is 0. The first-order valence-corrected chi connectivity index (χ1v) is 7.41. The number of hydrogen-bond donors (Lipinski definition) is 1. The summed E-state index contributed by atoms with van der Waals surface area (Å²) in [5.41, 5.74) is 3.76. The van der Waals surface area contributed by atoms with Gasteiger partial charge >= 0.3 is 0 Å². The number of aromatic hydroxyl groups is 1. The zero-order valence-electron chi connectivity index (χ0n) is 13.6. The molecule has 0 aromatic heterocycles. The maximum absolute atomic E-state index is 11.1. The highest BCUT2D eigenvalue weighted by Gasteiger charge is 2.33. The van der Waals surface area contributed by atoms with Crippen LogP contribution in [0.2, 0.25) is 0 Å². The lowest BCUT2D eigenvalue weighted by Crippen LogP contribution is -2.34. The van der Waals surface area contributed by atoms with E-state index in [1.165, 1.54) is 12.1 Å². The molecule has 6 nitrogen and oxygen atoms in total. The number of fused-ring (bicyclic) bond motifs is 1. The molecule has 1 aromatic rings. The lowest BCUT2D eigenvalue weighted by Gasteiger charge is -2.01. The van der Waals surface area contributed by atoms with Crippen molar-refractivity contribution < 1.29 is 19.3 Å². The Balaban J connectivity index is 2.38. The molecule has 122 valence electrons. The fourth-order valence-electron chi connectivity index (χ4n) is 3.15. The third kappa shape index (κ3) is 2.32. The van der Waals surface area contributed by atoms with Crippen molar-refractivity contribution >= 4 is 5.69 Å². The average Bonchev–Trinajstić information content (AvgIpc) is 2.71.